The topological polar surface area (TPSA) is 72.7 Å². The van der Waals surface area contributed by atoms with Crippen molar-refractivity contribution in [3.05, 3.63) is 0 Å². The summed E-state index contributed by atoms with van der Waals surface area (Å²) in [7, 11) is 1.66. The van der Waals surface area contributed by atoms with Gasteiger partial charge in [-0.05, 0) is 7.05 Å². The van der Waals surface area contributed by atoms with Gasteiger partial charge < -0.3 is 20.6 Å². The minimum atomic E-state index is -1.03. The van der Waals surface area contributed by atoms with E-state index in [2.05, 4.69) is 5.32 Å². The molecule has 0 aliphatic heterocycles. The molecule has 0 spiro atoms. The lowest BCUT2D eigenvalue weighted by atomic mass is 10.2. The lowest BCUT2D eigenvalue weighted by molar-refractivity contribution is -0.0120. The van der Waals surface area contributed by atoms with Crippen molar-refractivity contribution in [2.24, 2.45) is 0 Å². The molecule has 0 radical (unpaired) electrons. The Bertz CT molecular complexity index is 73.9. The molecule has 2 unspecified atom stereocenters. The highest BCUT2D eigenvalue weighted by Gasteiger charge is 2.12. The van der Waals surface area contributed by atoms with Crippen molar-refractivity contribution < 1.29 is 15.3 Å². The Kier molecular flexibility index (Phi) is 9.25. The molecule has 0 amide bonds. The van der Waals surface area contributed by atoms with Crippen LogP contribution in [0.3, 0.4) is 0 Å². The Morgan fingerprint density at radius 1 is 1.30 bits per heavy atom. The van der Waals surface area contributed by atoms with E-state index >= 15 is 0 Å². The minimum absolute atomic E-state index is 0. The molecule has 0 aromatic rings. The van der Waals surface area contributed by atoms with Gasteiger partial charge in [0.15, 0.2) is 0 Å². The summed E-state index contributed by atoms with van der Waals surface area (Å²) in [4.78, 5) is 0. The van der Waals surface area contributed by atoms with Gasteiger partial charge in [0, 0.05) is 6.54 Å². The zero-order chi connectivity index (χ0) is 7.28. The zero-order valence-corrected chi connectivity index (χ0v) is 6.64. The van der Waals surface area contributed by atoms with Crippen molar-refractivity contribution in [1.82, 2.24) is 5.32 Å². The normalized spacial score (nSPS) is 15.6. The van der Waals surface area contributed by atoms with E-state index in [1.54, 1.807) is 7.05 Å². The first kappa shape index (κ1) is 12.8. The van der Waals surface area contributed by atoms with Crippen LogP contribution in [0.5, 0.6) is 0 Å². The molecule has 64 valence electrons. The quantitative estimate of drug-likeness (QED) is 0.409. The molecule has 0 rings (SSSR count). The minimum Gasteiger partial charge on any atom is -0.394 e. The number of aliphatic hydroxyl groups excluding tert-OH is 3. The smallest absolute Gasteiger partial charge is 0.104 e. The molecule has 0 saturated heterocycles. The lowest BCUT2D eigenvalue weighted by Crippen LogP contribution is -2.36. The molecule has 10 heavy (non-hydrogen) atoms. The number of hydrogen-bond donors (Lipinski definition) is 4. The average molecular weight is 172 g/mol. The summed E-state index contributed by atoms with van der Waals surface area (Å²) in [6, 6.07) is 0. The standard InChI is InChI=1S/C5H13NO3.ClH/c1-6-2-4(8)5(9)3-7;/h4-9H,2-3H2,1H3;1H. The van der Waals surface area contributed by atoms with E-state index in [1.807, 2.05) is 0 Å². The van der Waals surface area contributed by atoms with Crippen LogP contribution in [0.1, 0.15) is 0 Å². The zero-order valence-electron chi connectivity index (χ0n) is 5.82. The van der Waals surface area contributed by atoms with Gasteiger partial charge in [0.05, 0.1) is 12.7 Å². The number of rotatable bonds is 4. The number of likely N-dealkylation sites (N-methyl/N-ethyl adjacent to an activating group) is 1. The van der Waals surface area contributed by atoms with E-state index in [0.717, 1.165) is 0 Å². The summed E-state index contributed by atoms with van der Waals surface area (Å²) in [5.74, 6) is 0. The second kappa shape index (κ2) is 7.24. The van der Waals surface area contributed by atoms with Gasteiger partial charge in [-0.1, -0.05) is 0 Å². The molecule has 0 aliphatic carbocycles. The second-order valence-corrected chi connectivity index (χ2v) is 1.87. The first-order valence-electron chi connectivity index (χ1n) is 2.84. The lowest BCUT2D eigenvalue weighted by Gasteiger charge is -2.13. The third kappa shape index (κ3) is 4.96. The van der Waals surface area contributed by atoms with E-state index in [4.69, 9.17) is 15.3 Å². The Morgan fingerprint density at radius 3 is 2.10 bits per heavy atom. The Labute approximate surface area is 66.3 Å². The Balaban J connectivity index is 0. The highest BCUT2D eigenvalue weighted by atomic mass is 35.5. The van der Waals surface area contributed by atoms with Gasteiger partial charge in [-0.15, -0.1) is 12.4 Å². The highest BCUT2D eigenvalue weighted by Crippen LogP contribution is 1.88. The maximum absolute atomic E-state index is 8.85. The summed E-state index contributed by atoms with van der Waals surface area (Å²) in [6.45, 7) is -0.107. The van der Waals surface area contributed by atoms with Crippen molar-refractivity contribution in [3.8, 4) is 0 Å². The molecule has 0 fully saturated rings. The van der Waals surface area contributed by atoms with E-state index < -0.39 is 18.8 Å². The van der Waals surface area contributed by atoms with Gasteiger partial charge in [0.2, 0.25) is 0 Å². The van der Waals surface area contributed by atoms with E-state index in [0.29, 0.717) is 6.54 Å². The Hall–Kier alpha value is 0.130. The molecule has 0 aliphatic rings. The summed E-state index contributed by atoms with van der Waals surface area (Å²) in [6.07, 6.45) is -1.91. The van der Waals surface area contributed by atoms with Crippen LogP contribution in [0.4, 0.5) is 0 Å². The van der Waals surface area contributed by atoms with E-state index in [1.165, 1.54) is 0 Å². The monoisotopic (exact) mass is 171 g/mol. The van der Waals surface area contributed by atoms with Crippen LogP contribution in [0.15, 0.2) is 0 Å². The van der Waals surface area contributed by atoms with E-state index in [-0.39, 0.29) is 12.4 Å². The average Bonchev–Trinajstić information content (AvgIpc) is 1.87. The van der Waals surface area contributed by atoms with E-state index in [9.17, 15) is 0 Å². The second-order valence-electron chi connectivity index (χ2n) is 1.87. The molecule has 4 nitrogen and oxygen atoms in total. The molecular formula is C5H14ClNO3. The molecule has 0 heterocycles. The van der Waals surface area contributed by atoms with Gasteiger partial charge in [-0.2, -0.15) is 0 Å². The first-order chi connectivity index (χ1) is 4.22. The number of halogens is 1. The molecule has 5 heteroatoms. The maximum Gasteiger partial charge on any atom is 0.104 e. The maximum atomic E-state index is 8.85. The van der Waals surface area contributed by atoms with Crippen molar-refractivity contribution in [2.45, 2.75) is 12.2 Å². The van der Waals surface area contributed by atoms with Crippen molar-refractivity contribution >= 4 is 12.4 Å². The third-order valence-electron chi connectivity index (χ3n) is 1.04. The number of hydrogen-bond acceptors (Lipinski definition) is 4. The molecule has 2 atom stereocenters. The summed E-state index contributed by atoms with van der Waals surface area (Å²) in [5.41, 5.74) is 0. The van der Waals surface area contributed by atoms with Gasteiger partial charge in [-0.3, -0.25) is 0 Å². The first-order valence-corrected chi connectivity index (χ1v) is 2.84. The van der Waals surface area contributed by atoms with Crippen LogP contribution in [0.25, 0.3) is 0 Å². The van der Waals surface area contributed by atoms with Crippen LogP contribution < -0.4 is 5.32 Å². The molecule has 4 N–H and O–H groups in total. The summed E-state index contributed by atoms with van der Waals surface area (Å²) < 4.78 is 0. The van der Waals surface area contributed by atoms with Crippen LogP contribution in [0.2, 0.25) is 0 Å². The van der Waals surface area contributed by atoms with Crippen LogP contribution in [-0.4, -0.2) is 47.7 Å². The third-order valence-corrected chi connectivity index (χ3v) is 1.04. The molecule has 0 saturated carbocycles. The Morgan fingerprint density at radius 2 is 1.80 bits per heavy atom. The largest absolute Gasteiger partial charge is 0.394 e. The predicted octanol–water partition coefficient (Wildman–Crippen LogP) is -1.66. The highest BCUT2D eigenvalue weighted by molar-refractivity contribution is 5.85. The molecule has 0 aromatic heterocycles. The fourth-order valence-electron chi connectivity index (χ4n) is 0.467. The van der Waals surface area contributed by atoms with Crippen molar-refractivity contribution in [1.29, 1.82) is 0 Å². The fourth-order valence-corrected chi connectivity index (χ4v) is 0.467. The van der Waals surface area contributed by atoms with Crippen molar-refractivity contribution in [2.75, 3.05) is 20.2 Å². The molecule has 0 aromatic carbocycles. The SMILES string of the molecule is CNCC(O)C(O)CO.Cl. The van der Waals surface area contributed by atoms with Gasteiger partial charge in [0.25, 0.3) is 0 Å². The van der Waals surface area contributed by atoms with Crippen LogP contribution >= 0.6 is 12.4 Å². The number of aliphatic hydroxyl groups is 3. The van der Waals surface area contributed by atoms with Crippen LogP contribution in [-0.2, 0) is 0 Å². The van der Waals surface area contributed by atoms with Crippen LogP contribution in [0, 0.1) is 0 Å². The van der Waals surface area contributed by atoms with Gasteiger partial charge >= 0.3 is 0 Å². The van der Waals surface area contributed by atoms with Gasteiger partial charge in [0.1, 0.15) is 6.10 Å². The van der Waals surface area contributed by atoms with Gasteiger partial charge in [-0.25, -0.2) is 0 Å². The van der Waals surface area contributed by atoms with Crippen molar-refractivity contribution in [3.63, 3.8) is 0 Å². The number of nitrogens with one attached hydrogen (secondary N) is 1. The predicted molar refractivity (Wildman–Crippen MR) is 40.3 cm³/mol. The summed E-state index contributed by atoms with van der Waals surface area (Å²) in [5, 5.41) is 28.5. The molecule has 0 bridgehead atoms. The summed E-state index contributed by atoms with van der Waals surface area (Å²) >= 11 is 0. The molecular weight excluding hydrogens is 158 g/mol. The fraction of sp³-hybridized carbons (Fsp3) is 1.00.